The van der Waals surface area contributed by atoms with Crippen LogP contribution in [0, 0.1) is 6.92 Å². The van der Waals surface area contributed by atoms with E-state index in [0.29, 0.717) is 17.2 Å². The van der Waals surface area contributed by atoms with Crippen molar-refractivity contribution in [3.63, 3.8) is 0 Å². The highest BCUT2D eigenvalue weighted by Gasteiger charge is 2.23. The molecule has 0 aliphatic rings. The zero-order valence-corrected chi connectivity index (χ0v) is 18.8. The lowest BCUT2D eigenvalue weighted by molar-refractivity contribution is -0.856. The molecule has 0 spiro atoms. The molecule has 0 bridgehead atoms. The molecule has 3 rings (SSSR count). The average molecular weight is 414 g/mol. The molecular weight excluding hydrogens is 384 g/mol. The van der Waals surface area contributed by atoms with Gasteiger partial charge in [-0.05, 0) is 42.8 Å². The first-order chi connectivity index (χ1) is 13.8. The first kappa shape index (κ1) is 21.1. The van der Waals surface area contributed by atoms with E-state index in [1.165, 1.54) is 4.90 Å². The number of nitrogens with zero attached hydrogens (tertiary/aromatic N) is 3. The number of methoxy groups -OCH3 is 1. The zero-order chi connectivity index (χ0) is 21.1. The van der Waals surface area contributed by atoms with Gasteiger partial charge in [-0.25, -0.2) is 4.98 Å². The van der Waals surface area contributed by atoms with Crippen LogP contribution < -0.4 is 19.4 Å². The molecule has 1 amide bonds. The highest BCUT2D eigenvalue weighted by atomic mass is 32.1. The molecule has 2 aromatic carbocycles. The molecule has 6 nitrogen and oxygen atoms in total. The van der Waals surface area contributed by atoms with Gasteiger partial charge in [0.05, 0.1) is 39.0 Å². The van der Waals surface area contributed by atoms with E-state index in [-0.39, 0.29) is 5.91 Å². The summed E-state index contributed by atoms with van der Waals surface area (Å²) < 4.78 is 6.54. The molecule has 1 heterocycles. The number of ether oxygens (including phenoxy) is 1. The van der Waals surface area contributed by atoms with Gasteiger partial charge >= 0.3 is 0 Å². The molecule has 0 saturated carbocycles. The van der Waals surface area contributed by atoms with Crippen LogP contribution in [0.25, 0.3) is 10.2 Å². The van der Waals surface area contributed by atoms with Gasteiger partial charge in [0.25, 0.3) is 5.91 Å². The summed E-state index contributed by atoms with van der Waals surface area (Å²) in [5.41, 5.74) is 3.66. The van der Waals surface area contributed by atoms with Gasteiger partial charge in [-0.3, -0.25) is 9.69 Å². The van der Waals surface area contributed by atoms with E-state index in [1.54, 1.807) is 23.3 Å². The van der Waals surface area contributed by atoms with Gasteiger partial charge in [-0.1, -0.05) is 17.4 Å². The number of benzene rings is 2. The molecule has 0 unspecified atom stereocenters. The van der Waals surface area contributed by atoms with Crippen molar-refractivity contribution in [1.29, 1.82) is 0 Å². The van der Waals surface area contributed by atoms with Gasteiger partial charge in [0.15, 0.2) is 5.13 Å². The maximum Gasteiger partial charge on any atom is 0.260 e. The minimum Gasteiger partial charge on any atom is -0.494 e. The van der Waals surface area contributed by atoms with Crippen molar-refractivity contribution in [2.24, 2.45) is 0 Å². The zero-order valence-electron chi connectivity index (χ0n) is 17.9. The van der Waals surface area contributed by atoms with Gasteiger partial charge in [0.1, 0.15) is 11.3 Å². The minimum atomic E-state index is -0.0350. The van der Waals surface area contributed by atoms with Crippen LogP contribution in [-0.2, 0) is 0 Å². The van der Waals surface area contributed by atoms with Crippen molar-refractivity contribution < 1.29 is 14.4 Å². The highest BCUT2D eigenvalue weighted by molar-refractivity contribution is 7.22. The number of nitrogens with one attached hydrogen (secondary N) is 1. The summed E-state index contributed by atoms with van der Waals surface area (Å²) in [5, 5.41) is 0.704. The predicted octanol–water partition coefficient (Wildman–Crippen LogP) is 2.47. The van der Waals surface area contributed by atoms with Gasteiger partial charge in [-0.15, -0.1) is 0 Å². The number of likely N-dealkylation sites (N-methyl/N-ethyl adjacent to an activating group) is 1. The lowest BCUT2D eigenvalue weighted by Crippen LogP contribution is -3.06. The quantitative estimate of drug-likeness (QED) is 0.647. The van der Waals surface area contributed by atoms with E-state index in [0.717, 1.165) is 33.8 Å². The van der Waals surface area contributed by atoms with Crippen LogP contribution in [0.5, 0.6) is 5.75 Å². The molecule has 0 aliphatic carbocycles. The van der Waals surface area contributed by atoms with Gasteiger partial charge in [-0.2, -0.15) is 0 Å². The summed E-state index contributed by atoms with van der Waals surface area (Å²) in [6.07, 6.45) is 0. The first-order valence-corrected chi connectivity index (χ1v) is 10.5. The third kappa shape index (κ3) is 4.52. The molecule has 29 heavy (non-hydrogen) atoms. The largest absolute Gasteiger partial charge is 0.494 e. The molecule has 0 radical (unpaired) electrons. The lowest BCUT2D eigenvalue weighted by atomic mass is 10.1. The molecule has 1 N–H and O–H groups in total. The topological polar surface area (TPSA) is 50.1 Å². The number of carbonyl (C=O) groups is 1. The Morgan fingerprint density at radius 3 is 2.41 bits per heavy atom. The van der Waals surface area contributed by atoms with Crippen molar-refractivity contribution in [3.05, 3.63) is 47.5 Å². The number of fused-ring (bicyclic) bond motifs is 1. The molecule has 7 heteroatoms. The second-order valence-electron chi connectivity index (χ2n) is 7.61. The Labute approximate surface area is 176 Å². The monoisotopic (exact) mass is 413 g/mol. The predicted molar refractivity (Wildman–Crippen MR) is 121 cm³/mol. The Balaban J connectivity index is 2.01. The van der Waals surface area contributed by atoms with Crippen molar-refractivity contribution in [3.8, 4) is 5.75 Å². The Hall–Kier alpha value is -2.64. The van der Waals surface area contributed by atoms with E-state index >= 15 is 0 Å². The molecule has 0 aliphatic heterocycles. The number of rotatable bonds is 7. The van der Waals surface area contributed by atoms with Gasteiger partial charge in [0.2, 0.25) is 0 Å². The van der Waals surface area contributed by atoms with Crippen molar-refractivity contribution >= 4 is 38.3 Å². The summed E-state index contributed by atoms with van der Waals surface area (Å²) in [7, 11) is 9.79. The molecule has 1 aromatic heterocycles. The number of aromatic nitrogens is 1. The van der Waals surface area contributed by atoms with Gasteiger partial charge < -0.3 is 14.5 Å². The third-order valence-electron chi connectivity index (χ3n) is 4.85. The number of hydrogen-bond acceptors (Lipinski definition) is 5. The van der Waals surface area contributed by atoms with Crippen LogP contribution in [0.1, 0.15) is 15.9 Å². The number of anilines is 2. The van der Waals surface area contributed by atoms with Crippen LogP contribution >= 0.6 is 11.3 Å². The Kier molecular flexibility index (Phi) is 6.39. The van der Waals surface area contributed by atoms with E-state index in [2.05, 4.69) is 21.0 Å². The normalized spacial score (nSPS) is 11.1. The average Bonchev–Trinajstić information content (AvgIpc) is 3.14. The molecule has 154 valence electrons. The summed E-state index contributed by atoms with van der Waals surface area (Å²) >= 11 is 1.54. The fraction of sp³-hybridized carbons (Fsp3) is 0.364. The number of quaternary nitrogens is 1. The molecule has 0 atom stereocenters. The number of aryl methyl sites for hydroxylation is 1. The van der Waals surface area contributed by atoms with E-state index in [1.807, 2.05) is 55.4 Å². The van der Waals surface area contributed by atoms with Crippen LogP contribution in [0.15, 0.2) is 36.4 Å². The fourth-order valence-corrected chi connectivity index (χ4v) is 4.13. The van der Waals surface area contributed by atoms with E-state index in [9.17, 15) is 4.79 Å². The maximum atomic E-state index is 13.4. The fourth-order valence-electron chi connectivity index (χ4n) is 3.06. The number of thiazole rings is 1. The summed E-state index contributed by atoms with van der Waals surface area (Å²) in [6.45, 7) is 3.48. The van der Waals surface area contributed by atoms with Crippen LogP contribution in [0.4, 0.5) is 10.8 Å². The Morgan fingerprint density at radius 2 is 1.83 bits per heavy atom. The van der Waals surface area contributed by atoms with Crippen molar-refractivity contribution in [2.75, 3.05) is 58.2 Å². The third-order valence-corrected chi connectivity index (χ3v) is 6.07. The number of amides is 1. The summed E-state index contributed by atoms with van der Waals surface area (Å²) in [5.74, 6) is 0.696. The van der Waals surface area contributed by atoms with E-state index in [4.69, 9.17) is 9.72 Å². The Bertz CT molecular complexity index is 996. The maximum absolute atomic E-state index is 13.4. The SMILES string of the molecule is COc1ccc(C)c2sc(N(CC[NH+](C)C)C(=O)c3ccc(N(C)C)cc3)nc12. The molecule has 3 aromatic rings. The van der Waals surface area contributed by atoms with Crippen LogP contribution in [-0.4, -0.2) is 59.3 Å². The number of hydrogen-bond donors (Lipinski definition) is 1. The van der Waals surface area contributed by atoms with Crippen molar-refractivity contribution in [1.82, 2.24) is 4.98 Å². The number of carbonyl (C=O) groups excluding carboxylic acids is 1. The lowest BCUT2D eigenvalue weighted by Gasteiger charge is -2.21. The second kappa shape index (κ2) is 8.80. The molecular formula is C22H29N4O2S+. The smallest absolute Gasteiger partial charge is 0.260 e. The Morgan fingerprint density at radius 1 is 1.14 bits per heavy atom. The standard InChI is InChI=1S/C22H28N4O2S/c1-15-7-12-18(28-6)19-20(15)29-22(23-19)26(14-13-24(2)3)21(27)16-8-10-17(11-9-16)25(4)5/h7-12H,13-14H2,1-6H3/p+1. The van der Waals surface area contributed by atoms with Gasteiger partial charge in [0, 0.05) is 25.3 Å². The second-order valence-corrected chi connectivity index (χ2v) is 8.59. The van der Waals surface area contributed by atoms with Crippen LogP contribution in [0.2, 0.25) is 0 Å². The minimum absolute atomic E-state index is 0.0350. The molecule has 0 saturated heterocycles. The summed E-state index contributed by atoms with van der Waals surface area (Å²) in [6, 6.07) is 11.7. The van der Waals surface area contributed by atoms with E-state index < -0.39 is 0 Å². The summed E-state index contributed by atoms with van der Waals surface area (Å²) in [4.78, 5) is 23.3. The molecule has 0 fully saturated rings. The van der Waals surface area contributed by atoms with Crippen molar-refractivity contribution in [2.45, 2.75) is 6.92 Å². The highest BCUT2D eigenvalue weighted by Crippen LogP contribution is 2.36. The van der Waals surface area contributed by atoms with Crippen LogP contribution in [0.3, 0.4) is 0 Å². The first-order valence-electron chi connectivity index (χ1n) is 9.64.